The topological polar surface area (TPSA) is 120 Å². The number of nitrogens with zero attached hydrogens (tertiary/aromatic N) is 5. The van der Waals surface area contributed by atoms with E-state index in [1.807, 2.05) is 0 Å². The molecule has 0 atom stereocenters. The molecular formula is C22H28N6O5. The minimum absolute atomic E-state index is 0.106. The van der Waals surface area contributed by atoms with Crippen LogP contribution in [0.2, 0.25) is 0 Å². The number of amides is 1. The Kier molecular flexibility index (Phi) is 7.12. The molecule has 0 aliphatic heterocycles. The van der Waals surface area contributed by atoms with Gasteiger partial charge in [-0.05, 0) is 39.8 Å². The second-order valence-electron chi connectivity index (χ2n) is 8.08. The van der Waals surface area contributed by atoms with Crippen molar-refractivity contribution >= 4 is 34.8 Å². The number of methoxy groups -OCH3 is 1. The molecule has 11 nitrogen and oxygen atoms in total. The lowest BCUT2D eigenvalue weighted by molar-refractivity contribution is 0.0587. The van der Waals surface area contributed by atoms with Crippen molar-refractivity contribution in [1.82, 2.24) is 19.6 Å². The van der Waals surface area contributed by atoms with Gasteiger partial charge < -0.3 is 19.5 Å². The molecule has 0 aromatic carbocycles. The van der Waals surface area contributed by atoms with Crippen molar-refractivity contribution in [2.75, 3.05) is 37.6 Å². The highest BCUT2D eigenvalue weighted by Crippen LogP contribution is 2.28. The third-order valence-corrected chi connectivity index (χ3v) is 4.43. The lowest BCUT2D eigenvalue weighted by atomic mass is 10.2. The second kappa shape index (κ2) is 9.82. The molecule has 1 N–H and O–H groups in total. The lowest BCUT2D eigenvalue weighted by Crippen LogP contribution is -2.35. The summed E-state index contributed by atoms with van der Waals surface area (Å²) >= 11 is 0. The minimum Gasteiger partial charge on any atom is -0.480 e. The maximum atomic E-state index is 12.8. The van der Waals surface area contributed by atoms with E-state index in [1.54, 1.807) is 59.1 Å². The zero-order chi connectivity index (χ0) is 24.2. The van der Waals surface area contributed by atoms with Crippen molar-refractivity contribution < 1.29 is 23.8 Å². The zero-order valence-corrected chi connectivity index (χ0v) is 19.6. The quantitative estimate of drug-likeness (QED) is 0.508. The molecule has 0 unspecified atom stereocenters. The van der Waals surface area contributed by atoms with Crippen molar-refractivity contribution in [3.63, 3.8) is 0 Å². The van der Waals surface area contributed by atoms with Crippen molar-refractivity contribution in [3.05, 3.63) is 36.2 Å². The van der Waals surface area contributed by atoms with Gasteiger partial charge in [0.05, 0.1) is 18.9 Å². The van der Waals surface area contributed by atoms with Gasteiger partial charge in [-0.25, -0.2) is 14.8 Å². The van der Waals surface area contributed by atoms with Gasteiger partial charge in [-0.3, -0.25) is 9.69 Å². The van der Waals surface area contributed by atoms with Gasteiger partial charge in [0.2, 0.25) is 5.88 Å². The van der Waals surface area contributed by atoms with E-state index >= 15 is 0 Å². The summed E-state index contributed by atoms with van der Waals surface area (Å²) in [5, 5.41) is 7.43. The molecule has 0 radical (unpaired) electrons. The molecule has 0 aliphatic carbocycles. The molecule has 3 rings (SSSR count). The summed E-state index contributed by atoms with van der Waals surface area (Å²) in [7, 11) is 3.06. The second-order valence-corrected chi connectivity index (χ2v) is 8.08. The number of aromatic nitrogens is 4. The van der Waals surface area contributed by atoms with E-state index in [9.17, 15) is 9.59 Å². The highest BCUT2D eigenvalue weighted by atomic mass is 16.6. The summed E-state index contributed by atoms with van der Waals surface area (Å²) in [6.07, 6.45) is 2.42. The third kappa shape index (κ3) is 5.55. The Balaban J connectivity index is 2.10. The van der Waals surface area contributed by atoms with E-state index in [-0.39, 0.29) is 23.6 Å². The number of pyridine rings is 1. The molecule has 0 saturated heterocycles. The number of Topliss-reactive ketones (excluding diaryl/α,β-unsaturated/α-hetero) is 1. The van der Waals surface area contributed by atoms with Crippen LogP contribution in [0.25, 0.3) is 5.65 Å². The molecule has 11 heteroatoms. The van der Waals surface area contributed by atoms with Gasteiger partial charge in [-0.1, -0.05) is 0 Å². The first-order valence-corrected chi connectivity index (χ1v) is 10.4. The van der Waals surface area contributed by atoms with E-state index < -0.39 is 11.7 Å². The number of fused-ring (bicyclic) bond motifs is 1. The number of hydrogen-bond donors (Lipinski definition) is 1. The predicted molar refractivity (Wildman–Crippen MR) is 123 cm³/mol. The summed E-state index contributed by atoms with van der Waals surface area (Å²) < 4.78 is 17.5. The first-order chi connectivity index (χ1) is 15.6. The van der Waals surface area contributed by atoms with E-state index in [2.05, 4.69) is 20.4 Å². The van der Waals surface area contributed by atoms with Crippen LogP contribution in [0.3, 0.4) is 0 Å². The fourth-order valence-electron chi connectivity index (χ4n) is 2.93. The summed E-state index contributed by atoms with van der Waals surface area (Å²) in [5.41, 5.74) is 0.399. The number of ketones is 1. The molecule has 0 fully saturated rings. The molecule has 0 aliphatic rings. The van der Waals surface area contributed by atoms with Crippen molar-refractivity contribution in [3.8, 4) is 5.88 Å². The van der Waals surface area contributed by atoms with Gasteiger partial charge in [0, 0.05) is 25.9 Å². The van der Waals surface area contributed by atoms with Gasteiger partial charge in [0.1, 0.15) is 29.5 Å². The molecule has 0 spiro atoms. The van der Waals surface area contributed by atoms with Crippen molar-refractivity contribution in [2.24, 2.45) is 0 Å². The lowest BCUT2D eigenvalue weighted by Gasteiger charge is -2.25. The van der Waals surface area contributed by atoms with Gasteiger partial charge in [-0.2, -0.15) is 9.61 Å². The number of anilines is 3. The van der Waals surface area contributed by atoms with Crippen LogP contribution in [0.1, 0.15) is 38.1 Å². The summed E-state index contributed by atoms with van der Waals surface area (Å²) in [6, 6.07) is 5.13. The minimum atomic E-state index is -0.690. The highest BCUT2D eigenvalue weighted by molar-refractivity contribution is 6.02. The largest absolute Gasteiger partial charge is 0.480 e. The number of hydrogen-bond acceptors (Lipinski definition) is 9. The fourth-order valence-corrected chi connectivity index (χ4v) is 2.93. The number of ether oxygens (including phenoxy) is 3. The highest BCUT2D eigenvalue weighted by Gasteiger charge is 2.25. The van der Waals surface area contributed by atoms with Crippen molar-refractivity contribution in [1.29, 1.82) is 0 Å². The van der Waals surface area contributed by atoms with Crippen LogP contribution in [0, 0.1) is 0 Å². The Labute approximate surface area is 191 Å². The monoisotopic (exact) mass is 456 g/mol. The van der Waals surface area contributed by atoms with E-state index in [0.717, 1.165) is 0 Å². The molecule has 3 aromatic heterocycles. The average Bonchev–Trinajstić information content (AvgIpc) is 3.19. The summed E-state index contributed by atoms with van der Waals surface area (Å²) in [4.78, 5) is 35.5. The molecule has 1 amide bonds. The Morgan fingerprint density at radius 3 is 2.70 bits per heavy atom. The van der Waals surface area contributed by atoms with E-state index in [0.29, 0.717) is 29.8 Å². The maximum Gasteiger partial charge on any atom is 0.415 e. The molecule has 0 bridgehead atoms. The van der Waals surface area contributed by atoms with Crippen LogP contribution in [-0.4, -0.2) is 64.4 Å². The van der Waals surface area contributed by atoms with Gasteiger partial charge in [0.15, 0.2) is 11.4 Å². The fraction of sp³-hybridized carbons (Fsp3) is 0.409. The average molecular weight is 457 g/mol. The molecule has 0 saturated carbocycles. The summed E-state index contributed by atoms with van der Waals surface area (Å²) in [6.45, 7) is 7.44. The molecular weight excluding hydrogens is 428 g/mol. The van der Waals surface area contributed by atoms with Crippen LogP contribution >= 0.6 is 0 Å². The first-order valence-electron chi connectivity index (χ1n) is 10.4. The van der Waals surface area contributed by atoms with E-state index in [4.69, 9.17) is 14.2 Å². The molecule has 3 heterocycles. The summed E-state index contributed by atoms with van der Waals surface area (Å²) in [5.74, 6) is 0.781. The normalized spacial score (nSPS) is 11.3. The van der Waals surface area contributed by atoms with Crippen LogP contribution < -0.4 is 15.0 Å². The molecule has 33 heavy (non-hydrogen) atoms. The first kappa shape index (κ1) is 23.9. The molecule has 176 valence electrons. The Morgan fingerprint density at radius 1 is 1.27 bits per heavy atom. The van der Waals surface area contributed by atoms with Gasteiger partial charge in [-0.15, -0.1) is 0 Å². The third-order valence-electron chi connectivity index (χ3n) is 4.43. The Morgan fingerprint density at radius 2 is 2.03 bits per heavy atom. The zero-order valence-electron chi connectivity index (χ0n) is 19.6. The van der Waals surface area contributed by atoms with E-state index in [1.165, 1.54) is 22.7 Å². The van der Waals surface area contributed by atoms with Crippen LogP contribution in [0.5, 0.6) is 5.88 Å². The Bertz CT molecular complexity index is 1150. The number of carbonyl (C=O) groups excluding carboxylic acids is 2. The number of carbonyl (C=O) groups is 2. The smallest absolute Gasteiger partial charge is 0.415 e. The number of nitrogens with one attached hydrogen (secondary N) is 1. The van der Waals surface area contributed by atoms with Gasteiger partial charge >= 0.3 is 6.09 Å². The van der Waals surface area contributed by atoms with Crippen LogP contribution in [-0.2, 0) is 9.47 Å². The molecule has 3 aromatic rings. The maximum absolute atomic E-state index is 12.8. The number of rotatable bonds is 8. The SMILES string of the molecule is CCOCC(=O)c1cnn2c(N(C)C(=O)OC(C)(C)C)cc(Nc3cccnc3OC)nc12. The van der Waals surface area contributed by atoms with Crippen molar-refractivity contribution in [2.45, 2.75) is 33.3 Å². The van der Waals surface area contributed by atoms with Crippen LogP contribution in [0.15, 0.2) is 30.6 Å². The van der Waals surface area contributed by atoms with Gasteiger partial charge in [0.25, 0.3) is 0 Å². The Hall–Kier alpha value is -3.73. The predicted octanol–water partition coefficient (Wildman–Crippen LogP) is 3.47. The standard InChI is InChI=1S/C22H28N6O5/c1-7-32-13-16(29)14-12-24-28-18(27(5)21(30)33-22(2,3)4)11-17(26-19(14)28)25-15-9-8-10-23-20(15)31-6/h8-12H,7,13H2,1-6H3,(H,25,26). The van der Waals surface area contributed by atoms with Crippen LogP contribution in [0.4, 0.5) is 22.1 Å².